The van der Waals surface area contributed by atoms with Gasteiger partial charge in [0.15, 0.2) is 5.78 Å². The molecule has 5 atom stereocenters. The number of pyridine rings is 1. The maximum absolute atomic E-state index is 14.2. The van der Waals surface area contributed by atoms with Crippen molar-refractivity contribution in [1.29, 1.82) is 0 Å². The quantitative estimate of drug-likeness (QED) is 0.226. The number of methoxy groups -OCH3 is 1. The SMILES string of the molecule is C=CC1C[C@]1(CC(=O)[C@@H]1C[C@@H](COc2cccc(-c3ccsc3)n2)CN1C(=O)[C@@H](CC(=O)OC)C(C)(C)C)C(=O)NS(=O)(=O)C1CC1. The van der Waals surface area contributed by atoms with Crippen molar-refractivity contribution in [2.24, 2.45) is 28.6 Å². The maximum atomic E-state index is 14.2. The normalized spacial score (nSPS) is 24.7. The zero-order valence-electron chi connectivity index (χ0n) is 27.3. The molecule has 3 aliphatic rings. The lowest BCUT2D eigenvalue weighted by molar-refractivity contribution is -0.151. The van der Waals surface area contributed by atoms with Crippen LogP contribution in [0.1, 0.15) is 59.3 Å². The summed E-state index contributed by atoms with van der Waals surface area (Å²) in [4.78, 5) is 60.2. The van der Waals surface area contributed by atoms with E-state index in [9.17, 15) is 27.6 Å². The third-order valence-corrected chi connectivity index (χ3v) is 12.1. The molecule has 0 aromatic carbocycles. The smallest absolute Gasteiger partial charge is 0.306 e. The predicted molar refractivity (Wildman–Crippen MR) is 177 cm³/mol. The molecule has 1 aliphatic heterocycles. The molecule has 11 nitrogen and oxygen atoms in total. The largest absolute Gasteiger partial charge is 0.477 e. The van der Waals surface area contributed by atoms with Gasteiger partial charge in [0, 0.05) is 35.9 Å². The fraction of sp³-hybridized carbons (Fsp3) is 0.559. The first kappa shape index (κ1) is 34.7. The van der Waals surface area contributed by atoms with Gasteiger partial charge in [-0.3, -0.25) is 23.9 Å². The van der Waals surface area contributed by atoms with Crippen molar-refractivity contribution in [3.8, 4) is 17.1 Å². The van der Waals surface area contributed by atoms with E-state index in [1.54, 1.807) is 23.5 Å². The Morgan fingerprint density at radius 1 is 1.21 bits per heavy atom. The van der Waals surface area contributed by atoms with E-state index in [-0.39, 0.29) is 55.9 Å². The van der Waals surface area contributed by atoms with Crippen molar-refractivity contribution in [3.63, 3.8) is 0 Å². The Balaban J connectivity index is 1.36. The van der Waals surface area contributed by atoms with E-state index in [0.717, 1.165) is 11.3 Å². The van der Waals surface area contributed by atoms with Crippen LogP contribution < -0.4 is 9.46 Å². The molecule has 0 spiro atoms. The van der Waals surface area contributed by atoms with Crippen LogP contribution >= 0.6 is 11.3 Å². The van der Waals surface area contributed by atoms with Crippen molar-refractivity contribution in [3.05, 3.63) is 47.7 Å². The molecule has 254 valence electrons. The number of carbonyl (C=O) groups excluding carboxylic acids is 4. The van der Waals surface area contributed by atoms with Crippen LogP contribution in [0, 0.1) is 28.6 Å². The fourth-order valence-electron chi connectivity index (χ4n) is 6.38. The fourth-order valence-corrected chi connectivity index (χ4v) is 8.42. The molecule has 1 unspecified atom stereocenters. The molecule has 2 aromatic heterocycles. The summed E-state index contributed by atoms with van der Waals surface area (Å²) in [6.07, 6.45) is 2.75. The lowest BCUT2D eigenvalue weighted by atomic mass is 9.77. The Morgan fingerprint density at radius 3 is 2.55 bits per heavy atom. The van der Waals surface area contributed by atoms with Crippen molar-refractivity contribution in [1.82, 2.24) is 14.6 Å². The van der Waals surface area contributed by atoms with Gasteiger partial charge in [-0.15, -0.1) is 6.58 Å². The Morgan fingerprint density at radius 2 is 1.96 bits per heavy atom. The number of ether oxygens (including phenoxy) is 2. The van der Waals surface area contributed by atoms with Gasteiger partial charge in [-0.1, -0.05) is 32.9 Å². The highest BCUT2D eigenvalue weighted by molar-refractivity contribution is 7.90. The summed E-state index contributed by atoms with van der Waals surface area (Å²) < 4.78 is 38.4. The van der Waals surface area contributed by atoms with E-state index in [1.807, 2.05) is 49.7 Å². The van der Waals surface area contributed by atoms with E-state index in [4.69, 9.17) is 9.47 Å². The van der Waals surface area contributed by atoms with E-state index in [1.165, 1.54) is 12.0 Å². The lowest BCUT2D eigenvalue weighted by Crippen LogP contribution is -2.48. The van der Waals surface area contributed by atoms with Crippen molar-refractivity contribution in [2.45, 2.75) is 70.6 Å². The monoisotopic (exact) mass is 685 g/mol. The molecule has 1 saturated heterocycles. The Kier molecular flexibility index (Phi) is 9.98. The maximum Gasteiger partial charge on any atom is 0.306 e. The number of allylic oxidation sites excluding steroid dienone is 1. The predicted octanol–water partition coefficient (Wildman–Crippen LogP) is 4.39. The van der Waals surface area contributed by atoms with Gasteiger partial charge in [-0.2, -0.15) is 11.3 Å². The number of aromatic nitrogens is 1. The first-order valence-electron chi connectivity index (χ1n) is 15.9. The number of rotatable bonds is 14. The molecule has 0 bridgehead atoms. The van der Waals surface area contributed by atoms with Crippen LogP contribution in [0.25, 0.3) is 11.3 Å². The second-order valence-corrected chi connectivity index (χ2v) is 16.8. The van der Waals surface area contributed by atoms with Crippen molar-refractivity contribution >= 4 is 44.9 Å². The van der Waals surface area contributed by atoms with Gasteiger partial charge in [0.05, 0.1) is 48.5 Å². The molecule has 5 rings (SSSR count). The van der Waals surface area contributed by atoms with Crippen LogP contribution in [0.15, 0.2) is 47.7 Å². The van der Waals surface area contributed by atoms with Gasteiger partial charge in [-0.25, -0.2) is 13.4 Å². The highest BCUT2D eigenvalue weighted by atomic mass is 32.2. The standard InChI is InChI=1S/C34H43N3O8S2/c1-6-23-16-34(23,32(41)36-47(42,43)24-10-11-24)17-28(38)27-14-21(18-37(27)31(40)25(33(2,3)4)15-30(39)44-5)19-45-29-9-7-8-26(35-29)22-12-13-46-20-22/h6-9,12-13,20-21,23-25,27H,1,10-11,14-19H2,2-5H3,(H,36,41)/t21-,23?,25-,27+,34-/m1/s1. The number of likely N-dealkylation sites (tertiary alicyclic amines) is 1. The number of hydrogen-bond donors (Lipinski definition) is 1. The van der Waals surface area contributed by atoms with Gasteiger partial charge < -0.3 is 14.4 Å². The van der Waals surface area contributed by atoms with E-state index >= 15 is 0 Å². The molecule has 1 N–H and O–H groups in total. The summed E-state index contributed by atoms with van der Waals surface area (Å²) >= 11 is 1.57. The van der Waals surface area contributed by atoms with Crippen molar-refractivity contribution in [2.75, 3.05) is 20.3 Å². The summed E-state index contributed by atoms with van der Waals surface area (Å²) in [6, 6.07) is 6.58. The number of carbonyl (C=O) groups is 4. The summed E-state index contributed by atoms with van der Waals surface area (Å²) in [6.45, 7) is 9.76. The second kappa shape index (κ2) is 13.5. The van der Waals surface area contributed by atoms with Crippen LogP contribution in [0.4, 0.5) is 0 Å². The molecular weight excluding hydrogens is 643 g/mol. The van der Waals surface area contributed by atoms with Crippen LogP contribution in [0.3, 0.4) is 0 Å². The van der Waals surface area contributed by atoms with Gasteiger partial charge in [-0.05, 0) is 54.5 Å². The van der Waals surface area contributed by atoms with Gasteiger partial charge in [0.25, 0.3) is 0 Å². The minimum absolute atomic E-state index is 0.152. The Bertz CT molecular complexity index is 1630. The van der Waals surface area contributed by atoms with Crippen LogP contribution in [-0.4, -0.2) is 73.4 Å². The minimum atomic E-state index is -3.82. The van der Waals surface area contributed by atoms with Crippen LogP contribution in [0.2, 0.25) is 0 Å². The zero-order chi connectivity index (χ0) is 34.1. The first-order chi connectivity index (χ1) is 22.2. The molecule has 2 aliphatic carbocycles. The third kappa shape index (κ3) is 7.77. The Labute approximate surface area is 280 Å². The highest BCUT2D eigenvalue weighted by Crippen LogP contribution is 2.57. The number of amides is 2. The highest BCUT2D eigenvalue weighted by Gasteiger charge is 2.61. The second-order valence-electron chi connectivity index (χ2n) is 14.0. The van der Waals surface area contributed by atoms with Gasteiger partial charge in [0.2, 0.25) is 27.7 Å². The molecule has 3 heterocycles. The number of ketones is 1. The molecule has 2 amide bonds. The van der Waals surface area contributed by atoms with Gasteiger partial charge in [0.1, 0.15) is 0 Å². The average Bonchev–Trinajstić information content (AvgIpc) is 3.89. The number of nitrogens with one attached hydrogen (secondary N) is 1. The summed E-state index contributed by atoms with van der Waals surface area (Å²) in [5, 5.41) is 3.37. The molecule has 2 saturated carbocycles. The molecule has 3 fully saturated rings. The summed E-state index contributed by atoms with van der Waals surface area (Å²) in [7, 11) is -2.55. The molecular formula is C34H43N3O8S2. The lowest BCUT2D eigenvalue weighted by Gasteiger charge is -2.35. The first-order valence-corrected chi connectivity index (χ1v) is 18.4. The Hall–Kier alpha value is -3.58. The summed E-state index contributed by atoms with van der Waals surface area (Å²) in [5.74, 6) is -2.89. The number of hydrogen-bond acceptors (Lipinski definition) is 10. The number of esters is 1. The van der Waals surface area contributed by atoms with Gasteiger partial charge >= 0.3 is 5.97 Å². The van der Waals surface area contributed by atoms with E-state index < -0.39 is 49.9 Å². The minimum Gasteiger partial charge on any atom is -0.477 e. The molecule has 2 aromatic rings. The molecule has 13 heteroatoms. The third-order valence-electron chi connectivity index (χ3n) is 9.55. The van der Waals surface area contributed by atoms with Crippen molar-refractivity contribution < 1.29 is 37.1 Å². The van der Waals surface area contributed by atoms with E-state index in [2.05, 4.69) is 16.3 Å². The molecule has 47 heavy (non-hydrogen) atoms. The molecule has 0 radical (unpaired) electrons. The number of sulfonamides is 1. The van der Waals surface area contributed by atoms with Crippen LogP contribution in [0.5, 0.6) is 5.88 Å². The topological polar surface area (TPSA) is 149 Å². The zero-order valence-corrected chi connectivity index (χ0v) is 28.9. The number of nitrogens with zero attached hydrogens (tertiary/aromatic N) is 2. The van der Waals surface area contributed by atoms with E-state index in [0.29, 0.717) is 25.1 Å². The summed E-state index contributed by atoms with van der Waals surface area (Å²) in [5.41, 5.74) is -0.124. The number of Topliss-reactive ketones (excluding diaryl/α,β-unsaturated/α-hetero) is 1. The number of thiophene rings is 1. The van der Waals surface area contributed by atoms with Crippen LogP contribution in [-0.2, 0) is 33.9 Å². The average molecular weight is 686 g/mol.